The van der Waals surface area contributed by atoms with E-state index in [9.17, 15) is 9.18 Å². The molecule has 1 saturated carbocycles. The van der Waals surface area contributed by atoms with Gasteiger partial charge in [-0.15, -0.1) is 10.2 Å². The van der Waals surface area contributed by atoms with Crippen molar-refractivity contribution >= 4 is 16.7 Å². The van der Waals surface area contributed by atoms with Crippen LogP contribution >= 0.6 is 0 Å². The van der Waals surface area contributed by atoms with Crippen LogP contribution in [0.4, 0.5) is 4.39 Å². The molecule has 0 unspecified atom stereocenters. The van der Waals surface area contributed by atoms with Crippen LogP contribution in [0.3, 0.4) is 0 Å². The first-order valence-corrected chi connectivity index (χ1v) is 6.58. The predicted octanol–water partition coefficient (Wildman–Crippen LogP) is 2.07. The van der Waals surface area contributed by atoms with Gasteiger partial charge < -0.3 is 4.98 Å². The van der Waals surface area contributed by atoms with Gasteiger partial charge in [-0.25, -0.2) is 4.39 Å². The summed E-state index contributed by atoms with van der Waals surface area (Å²) in [4.78, 5) is 14.8. The molecule has 0 radical (unpaired) electrons. The zero-order valence-electron chi connectivity index (χ0n) is 11.2. The molecule has 6 heteroatoms. The topological polar surface area (TPSA) is 63.0 Å². The number of aromatic amines is 1. The highest BCUT2D eigenvalue weighted by molar-refractivity contribution is 5.81. The van der Waals surface area contributed by atoms with Crippen molar-refractivity contribution in [2.45, 2.75) is 32.1 Å². The number of nitrogens with one attached hydrogen (secondary N) is 1. The number of aromatic nitrogens is 4. The fraction of sp³-hybridized carbons (Fsp3) is 0.357. The smallest absolute Gasteiger partial charge is 0.294 e. The van der Waals surface area contributed by atoms with Gasteiger partial charge in [0.1, 0.15) is 17.2 Å². The second kappa shape index (κ2) is 3.45. The van der Waals surface area contributed by atoms with Crippen molar-refractivity contribution in [3.63, 3.8) is 0 Å². The van der Waals surface area contributed by atoms with Gasteiger partial charge in [0.15, 0.2) is 0 Å². The van der Waals surface area contributed by atoms with E-state index >= 15 is 0 Å². The summed E-state index contributed by atoms with van der Waals surface area (Å²) in [5.41, 5.74) is 1.40. The van der Waals surface area contributed by atoms with E-state index in [1.165, 1.54) is 6.07 Å². The highest BCUT2D eigenvalue weighted by Crippen LogP contribution is 2.46. The Morgan fingerprint density at radius 3 is 2.80 bits per heavy atom. The van der Waals surface area contributed by atoms with Crippen LogP contribution in [0.5, 0.6) is 0 Å². The maximum absolute atomic E-state index is 14.3. The Morgan fingerprint density at radius 2 is 2.10 bits per heavy atom. The van der Waals surface area contributed by atoms with Gasteiger partial charge in [0, 0.05) is 5.41 Å². The van der Waals surface area contributed by atoms with Crippen molar-refractivity contribution in [3.05, 3.63) is 39.7 Å². The van der Waals surface area contributed by atoms with Crippen molar-refractivity contribution < 1.29 is 4.39 Å². The SMILES string of the molecule is Cc1ccc(F)c2c1[nH]c(=O)c1nnc(C3(C)CC3)n12. The van der Waals surface area contributed by atoms with Crippen LogP contribution in [-0.4, -0.2) is 19.6 Å². The van der Waals surface area contributed by atoms with Gasteiger partial charge in [-0.1, -0.05) is 13.0 Å². The van der Waals surface area contributed by atoms with E-state index in [-0.39, 0.29) is 22.4 Å². The van der Waals surface area contributed by atoms with Crippen molar-refractivity contribution in [3.8, 4) is 0 Å². The molecule has 1 fully saturated rings. The minimum Gasteiger partial charge on any atom is -0.317 e. The lowest BCUT2D eigenvalue weighted by Crippen LogP contribution is -2.15. The first-order chi connectivity index (χ1) is 9.51. The lowest BCUT2D eigenvalue weighted by atomic mass is 10.1. The van der Waals surface area contributed by atoms with Crippen molar-refractivity contribution in [1.82, 2.24) is 19.6 Å². The van der Waals surface area contributed by atoms with Crippen LogP contribution in [0.1, 0.15) is 31.2 Å². The molecule has 1 aromatic carbocycles. The van der Waals surface area contributed by atoms with Gasteiger partial charge in [-0.2, -0.15) is 0 Å². The maximum Gasteiger partial charge on any atom is 0.294 e. The van der Waals surface area contributed by atoms with Gasteiger partial charge in [0.25, 0.3) is 5.56 Å². The van der Waals surface area contributed by atoms with Crippen LogP contribution < -0.4 is 5.56 Å². The summed E-state index contributed by atoms with van der Waals surface area (Å²) in [6.07, 6.45) is 1.96. The number of hydrogen-bond donors (Lipinski definition) is 1. The standard InChI is InChI=1S/C14H13FN4O/c1-7-3-4-8(15)10-9(7)16-12(20)11-17-18-13(19(10)11)14(2)5-6-14/h3-4H,5-6H2,1-2H3,(H,16,20). The number of benzene rings is 1. The van der Waals surface area contributed by atoms with Gasteiger partial charge in [0.2, 0.25) is 5.65 Å². The lowest BCUT2D eigenvalue weighted by Gasteiger charge is -2.10. The number of rotatable bonds is 1. The summed E-state index contributed by atoms with van der Waals surface area (Å²) >= 11 is 0. The molecule has 0 bridgehead atoms. The third-order valence-corrected chi connectivity index (χ3v) is 4.21. The normalized spacial score (nSPS) is 16.9. The highest BCUT2D eigenvalue weighted by Gasteiger charge is 2.44. The number of nitrogens with zero attached hydrogens (tertiary/aromatic N) is 3. The molecule has 1 N–H and O–H groups in total. The zero-order valence-corrected chi connectivity index (χ0v) is 11.2. The third-order valence-electron chi connectivity index (χ3n) is 4.21. The molecule has 2 aromatic heterocycles. The number of fused-ring (bicyclic) bond motifs is 3. The average molecular weight is 272 g/mol. The van der Waals surface area contributed by atoms with E-state index in [1.807, 2.05) is 6.92 Å². The van der Waals surface area contributed by atoms with Crippen molar-refractivity contribution in [2.75, 3.05) is 0 Å². The molecule has 20 heavy (non-hydrogen) atoms. The average Bonchev–Trinajstić information content (AvgIpc) is 3.00. The molecule has 0 atom stereocenters. The summed E-state index contributed by atoms with van der Waals surface area (Å²) in [7, 11) is 0. The van der Waals surface area contributed by atoms with Crippen molar-refractivity contribution in [1.29, 1.82) is 0 Å². The monoisotopic (exact) mass is 272 g/mol. The molecule has 0 aliphatic heterocycles. The highest BCUT2D eigenvalue weighted by atomic mass is 19.1. The molecule has 1 aliphatic rings. The summed E-state index contributed by atoms with van der Waals surface area (Å²) in [6, 6.07) is 3.07. The fourth-order valence-electron chi connectivity index (χ4n) is 2.66. The molecular weight excluding hydrogens is 259 g/mol. The summed E-state index contributed by atoms with van der Waals surface area (Å²) < 4.78 is 15.9. The summed E-state index contributed by atoms with van der Waals surface area (Å²) in [6.45, 7) is 3.90. The van der Waals surface area contributed by atoms with Crippen LogP contribution in [0.25, 0.3) is 16.7 Å². The fourth-order valence-corrected chi connectivity index (χ4v) is 2.66. The third kappa shape index (κ3) is 1.33. The molecule has 5 nitrogen and oxygen atoms in total. The largest absolute Gasteiger partial charge is 0.317 e. The van der Waals surface area contributed by atoms with E-state index in [2.05, 4.69) is 22.1 Å². The van der Waals surface area contributed by atoms with Gasteiger partial charge in [-0.05, 0) is 31.4 Å². The Morgan fingerprint density at radius 1 is 1.35 bits per heavy atom. The molecule has 4 rings (SSSR count). The molecule has 1 aliphatic carbocycles. The molecule has 102 valence electrons. The first-order valence-electron chi connectivity index (χ1n) is 6.58. The second-order valence-corrected chi connectivity index (χ2v) is 5.79. The molecule has 0 spiro atoms. The van der Waals surface area contributed by atoms with E-state index < -0.39 is 0 Å². The van der Waals surface area contributed by atoms with E-state index in [1.54, 1.807) is 10.5 Å². The maximum atomic E-state index is 14.3. The minimum absolute atomic E-state index is 0.101. The molecular formula is C14H13FN4O. The summed E-state index contributed by atoms with van der Waals surface area (Å²) in [5, 5.41) is 8.09. The second-order valence-electron chi connectivity index (χ2n) is 5.79. The number of halogens is 1. The first kappa shape index (κ1) is 11.6. The van der Waals surface area contributed by atoms with Crippen LogP contribution in [0.15, 0.2) is 16.9 Å². The molecule has 0 amide bonds. The quantitative estimate of drug-likeness (QED) is 0.737. The van der Waals surface area contributed by atoms with E-state index in [0.717, 1.165) is 18.4 Å². The minimum atomic E-state index is -0.378. The Labute approximate surface area is 113 Å². The van der Waals surface area contributed by atoms with Gasteiger partial charge in [0.05, 0.1) is 5.52 Å². The van der Waals surface area contributed by atoms with Crippen molar-refractivity contribution in [2.24, 2.45) is 0 Å². The molecule has 3 aromatic rings. The van der Waals surface area contributed by atoms with E-state index in [0.29, 0.717) is 16.9 Å². The Kier molecular flexibility index (Phi) is 1.99. The molecule has 0 saturated heterocycles. The number of aryl methyl sites for hydroxylation is 1. The zero-order chi connectivity index (χ0) is 14.1. The Balaban J connectivity index is 2.30. The Hall–Kier alpha value is -2.24. The van der Waals surface area contributed by atoms with E-state index in [4.69, 9.17) is 0 Å². The van der Waals surface area contributed by atoms with Crippen LogP contribution in [0.2, 0.25) is 0 Å². The number of H-pyrrole nitrogens is 1. The van der Waals surface area contributed by atoms with Gasteiger partial charge >= 0.3 is 0 Å². The predicted molar refractivity (Wildman–Crippen MR) is 72.4 cm³/mol. The van der Waals surface area contributed by atoms with Gasteiger partial charge in [-0.3, -0.25) is 9.20 Å². The summed E-state index contributed by atoms with van der Waals surface area (Å²) in [5.74, 6) is 0.297. The van der Waals surface area contributed by atoms with Crippen LogP contribution in [0, 0.1) is 12.7 Å². The Bertz CT molecular complexity index is 920. The number of hydrogen-bond acceptors (Lipinski definition) is 3. The van der Waals surface area contributed by atoms with Crippen LogP contribution in [-0.2, 0) is 5.41 Å². The molecule has 2 heterocycles. The lowest BCUT2D eigenvalue weighted by molar-refractivity contribution is 0.629.